The smallest absolute Gasteiger partial charge is 0.344 e. The molecule has 0 aromatic heterocycles. The predicted octanol–water partition coefficient (Wildman–Crippen LogP) is 6.18. The summed E-state index contributed by atoms with van der Waals surface area (Å²) in [6.07, 6.45) is 1.41. The van der Waals surface area contributed by atoms with Gasteiger partial charge in [-0.05, 0) is 87.8 Å². The second-order valence-corrected chi connectivity index (χ2v) is 9.91. The molecule has 1 amide bonds. The number of halogens is 3. The molecule has 3 aromatic carbocycles. The Morgan fingerprint density at radius 2 is 1.73 bits per heavy atom. The maximum Gasteiger partial charge on any atom is 0.344 e. The number of hydrogen-bond donors (Lipinski definition) is 1. The highest BCUT2D eigenvalue weighted by atomic mass is 127. The molecule has 0 fully saturated rings. The summed E-state index contributed by atoms with van der Waals surface area (Å²) in [7, 11) is 0. The van der Waals surface area contributed by atoms with Crippen LogP contribution in [0.15, 0.2) is 68.6 Å². The SMILES string of the molecule is Cc1cccc(C)c1OCC(=O)NN=Cc1cc(Br)cc(Br)c1OC(=O)c1ccccc1I. The minimum atomic E-state index is -0.497. The maximum atomic E-state index is 12.7. The van der Waals surface area contributed by atoms with E-state index in [2.05, 4.69) is 65.0 Å². The normalized spacial score (nSPS) is 10.8. The third kappa shape index (κ3) is 6.87. The zero-order chi connectivity index (χ0) is 24.0. The molecule has 0 heterocycles. The van der Waals surface area contributed by atoms with E-state index in [9.17, 15) is 9.59 Å². The molecule has 0 saturated carbocycles. The fourth-order valence-electron chi connectivity index (χ4n) is 2.93. The van der Waals surface area contributed by atoms with E-state index in [1.165, 1.54) is 6.21 Å². The van der Waals surface area contributed by atoms with E-state index >= 15 is 0 Å². The van der Waals surface area contributed by atoms with Crippen LogP contribution in [0.4, 0.5) is 0 Å². The van der Waals surface area contributed by atoms with Gasteiger partial charge in [0.15, 0.2) is 12.4 Å². The van der Waals surface area contributed by atoms with Crippen molar-refractivity contribution in [2.75, 3.05) is 6.61 Å². The summed E-state index contributed by atoms with van der Waals surface area (Å²) in [5.74, 6) is 0.0500. The van der Waals surface area contributed by atoms with Gasteiger partial charge in [0.25, 0.3) is 5.91 Å². The fraction of sp³-hybridized carbons (Fsp3) is 0.125. The molecule has 0 atom stereocenters. The zero-order valence-electron chi connectivity index (χ0n) is 17.7. The summed E-state index contributed by atoms with van der Waals surface area (Å²) < 4.78 is 13.4. The lowest BCUT2D eigenvalue weighted by Crippen LogP contribution is -2.25. The van der Waals surface area contributed by atoms with Crippen molar-refractivity contribution in [1.82, 2.24) is 5.43 Å². The van der Waals surface area contributed by atoms with Crippen LogP contribution in [0.25, 0.3) is 0 Å². The Morgan fingerprint density at radius 3 is 2.42 bits per heavy atom. The molecule has 6 nitrogen and oxygen atoms in total. The lowest BCUT2D eigenvalue weighted by molar-refractivity contribution is -0.123. The first kappa shape index (κ1) is 25.4. The van der Waals surface area contributed by atoms with Crippen LogP contribution in [0.5, 0.6) is 11.5 Å². The summed E-state index contributed by atoms with van der Waals surface area (Å²) in [6.45, 7) is 3.66. The van der Waals surface area contributed by atoms with Gasteiger partial charge in [0.2, 0.25) is 0 Å². The number of nitrogens with one attached hydrogen (secondary N) is 1. The van der Waals surface area contributed by atoms with Gasteiger partial charge >= 0.3 is 5.97 Å². The largest absolute Gasteiger partial charge is 0.483 e. The molecule has 0 spiro atoms. The molecule has 0 aliphatic rings. The third-order valence-corrected chi connectivity index (χ3v) is 6.46. The molecule has 170 valence electrons. The molecule has 0 aliphatic heterocycles. The molecule has 0 saturated heterocycles. The molecule has 0 bridgehead atoms. The number of rotatable bonds is 7. The topological polar surface area (TPSA) is 77.0 Å². The number of nitrogens with zero attached hydrogens (tertiary/aromatic N) is 1. The lowest BCUT2D eigenvalue weighted by Gasteiger charge is -2.12. The predicted molar refractivity (Wildman–Crippen MR) is 143 cm³/mol. The van der Waals surface area contributed by atoms with Gasteiger partial charge in [0.05, 0.1) is 16.3 Å². The summed E-state index contributed by atoms with van der Waals surface area (Å²) in [5.41, 5.74) is 5.28. The molecule has 33 heavy (non-hydrogen) atoms. The molecule has 0 aliphatic carbocycles. The van der Waals surface area contributed by atoms with E-state index in [0.29, 0.717) is 21.3 Å². The number of hydrazone groups is 1. The van der Waals surface area contributed by atoms with Crippen LogP contribution in [0.3, 0.4) is 0 Å². The highest BCUT2D eigenvalue weighted by Crippen LogP contribution is 2.33. The molecule has 0 unspecified atom stereocenters. The van der Waals surface area contributed by atoms with Gasteiger partial charge in [-0.3, -0.25) is 4.79 Å². The number of carbonyl (C=O) groups excluding carboxylic acids is 2. The summed E-state index contributed by atoms with van der Waals surface area (Å²) in [5, 5.41) is 4.00. The number of amides is 1. The molecule has 9 heteroatoms. The van der Waals surface area contributed by atoms with Crippen LogP contribution in [0.1, 0.15) is 27.0 Å². The van der Waals surface area contributed by atoms with Crippen LogP contribution in [-0.2, 0) is 4.79 Å². The van der Waals surface area contributed by atoms with Crippen molar-refractivity contribution in [3.05, 3.63) is 89.4 Å². The quantitative estimate of drug-likeness (QED) is 0.106. The van der Waals surface area contributed by atoms with E-state index in [1.54, 1.807) is 24.3 Å². The highest BCUT2D eigenvalue weighted by Gasteiger charge is 2.17. The molecule has 3 aromatic rings. The fourth-order valence-corrected chi connectivity index (χ4v) is 4.88. The monoisotopic (exact) mass is 684 g/mol. The molecule has 1 N–H and O–H groups in total. The first-order valence-corrected chi connectivity index (χ1v) is 12.4. The van der Waals surface area contributed by atoms with Gasteiger partial charge in [0, 0.05) is 13.6 Å². The van der Waals surface area contributed by atoms with E-state index in [4.69, 9.17) is 9.47 Å². The third-order valence-electron chi connectivity index (χ3n) is 4.47. The van der Waals surface area contributed by atoms with Crippen molar-refractivity contribution in [2.45, 2.75) is 13.8 Å². The van der Waals surface area contributed by atoms with Crippen LogP contribution >= 0.6 is 54.5 Å². The Balaban J connectivity index is 1.70. The average Bonchev–Trinajstić information content (AvgIpc) is 2.76. The van der Waals surface area contributed by atoms with Gasteiger partial charge in [-0.25, -0.2) is 10.2 Å². The van der Waals surface area contributed by atoms with Gasteiger partial charge in [-0.2, -0.15) is 5.10 Å². The number of aryl methyl sites for hydroxylation is 2. The summed E-state index contributed by atoms with van der Waals surface area (Å²) in [6, 6.07) is 16.4. The van der Waals surface area contributed by atoms with E-state index in [1.807, 2.05) is 44.2 Å². The molecular weight excluding hydrogens is 667 g/mol. The molecule has 0 radical (unpaired) electrons. The number of carbonyl (C=O) groups is 2. The van der Waals surface area contributed by atoms with Crippen molar-refractivity contribution < 1.29 is 19.1 Å². The summed E-state index contributed by atoms with van der Waals surface area (Å²) in [4.78, 5) is 24.9. The van der Waals surface area contributed by atoms with Crippen LogP contribution in [0.2, 0.25) is 0 Å². The van der Waals surface area contributed by atoms with Crippen molar-refractivity contribution in [3.8, 4) is 11.5 Å². The van der Waals surface area contributed by atoms with Gasteiger partial charge < -0.3 is 9.47 Å². The van der Waals surface area contributed by atoms with Crippen LogP contribution in [0, 0.1) is 17.4 Å². The molecule has 3 rings (SSSR count). The number of benzene rings is 3. The van der Waals surface area contributed by atoms with E-state index < -0.39 is 11.9 Å². The van der Waals surface area contributed by atoms with E-state index in [0.717, 1.165) is 19.2 Å². The van der Waals surface area contributed by atoms with Gasteiger partial charge in [-0.15, -0.1) is 0 Å². The molecular formula is C24H19Br2IN2O4. The van der Waals surface area contributed by atoms with Crippen LogP contribution in [-0.4, -0.2) is 24.7 Å². The number of hydrogen-bond acceptors (Lipinski definition) is 5. The minimum Gasteiger partial charge on any atom is -0.483 e. The second-order valence-electron chi connectivity index (χ2n) is 6.98. The van der Waals surface area contributed by atoms with Crippen LogP contribution < -0.4 is 14.9 Å². The lowest BCUT2D eigenvalue weighted by atomic mass is 10.1. The second kappa shape index (κ2) is 11.8. The van der Waals surface area contributed by atoms with Crippen molar-refractivity contribution >= 4 is 72.5 Å². The number of para-hydroxylation sites is 1. The first-order valence-electron chi connectivity index (χ1n) is 9.73. The van der Waals surface area contributed by atoms with E-state index in [-0.39, 0.29) is 12.4 Å². The Hall–Kier alpha value is -2.24. The van der Waals surface area contributed by atoms with Gasteiger partial charge in [-0.1, -0.05) is 46.3 Å². The van der Waals surface area contributed by atoms with Crippen molar-refractivity contribution in [2.24, 2.45) is 5.10 Å². The standard InChI is InChI=1S/C24H19Br2IN2O4/c1-14-6-5-7-15(2)22(14)32-13-21(30)29-28-12-16-10-17(25)11-19(26)23(16)33-24(31)18-8-3-4-9-20(18)27/h3-12H,13H2,1-2H3,(H,29,30). The maximum absolute atomic E-state index is 12.7. The van der Waals surface area contributed by atoms with Crippen molar-refractivity contribution in [3.63, 3.8) is 0 Å². The summed E-state index contributed by atoms with van der Waals surface area (Å²) >= 11 is 8.92. The number of esters is 1. The van der Waals surface area contributed by atoms with Gasteiger partial charge in [0.1, 0.15) is 5.75 Å². The zero-order valence-corrected chi connectivity index (χ0v) is 23.0. The highest BCUT2D eigenvalue weighted by molar-refractivity contribution is 14.1. The Kier molecular flexibility index (Phi) is 9.04. The first-order chi connectivity index (χ1) is 15.8. The Bertz CT molecular complexity index is 1210. The van der Waals surface area contributed by atoms with Crippen molar-refractivity contribution in [1.29, 1.82) is 0 Å². The Labute approximate surface area is 222 Å². The number of ether oxygens (including phenoxy) is 2. The minimum absolute atomic E-state index is 0.181. The Morgan fingerprint density at radius 1 is 1.03 bits per heavy atom. The average molecular weight is 686 g/mol.